The van der Waals surface area contributed by atoms with Crippen LogP contribution in [0.15, 0.2) is 36.4 Å². The fourth-order valence-corrected chi connectivity index (χ4v) is 3.86. The third-order valence-electron chi connectivity index (χ3n) is 5.31. The Morgan fingerprint density at radius 3 is 1.29 bits per heavy atom. The van der Waals surface area contributed by atoms with Gasteiger partial charge in [0.1, 0.15) is 5.75 Å². The highest BCUT2D eigenvalue weighted by Crippen LogP contribution is 2.33. The van der Waals surface area contributed by atoms with E-state index in [9.17, 15) is 5.11 Å². The zero-order chi connectivity index (χ0) is 21.6. The van der Waals surface area contributed by atoms with Crippen molar-refractivity contribution in [1.82, 2.24) is 0 Å². The van der Waals surface area contributed by atoms with Gasteiger partial charge in [-0.3, -0.25) is 0 Å². The van der Waals surface area contributed by atoms with E-state index in [4.69, 9.17) is 0 Å². The molecule has 1 N–H and O–H groups in total. The van der Waals surface area contributed by atoms with Gasteiger partial charge in [-0.25, -0.2) is 0 Å². The number of phenols is 1. The first-order chi connectivity index (χ1) is 13.0. The molecule has 2 rings (SSSR count). The smallest absolute Gasteiger partial charge is 0.115 e. The van der Waals surface area contributed by atoms with E-state index in [0.717, 1.165) is 0 Å². The van der Waals surface area contributed by atoms with E-state index >= 15 is 0 Å². The van der Waals surface area contributed by atoms with E-state index in [2.05, 4.69) is 87.4 Å². The quantitative estimate of drug-likeness (QED) is 0.548. The minimum absolute atomic E-state index is 0.369. The average Bonchev–Trinajstić information content (AvgIpc) is 2.60. The highest BCUT2D eigenvalue weighted by Gasteiger charge is 2.15. The minimum Gasteiger partial charge on any atom is -0.508 e. The lowest BCUT2D eigenvalue weighted by Gasteiger charge is -2.22. The summed E-state index contributed by atoms with van der Waals surface area (Å²) in [5.74, 6) is 3.25. The van der Waals surface area contributed by atoms with Crippen molar-refractivity contribution in [3.8, 4) is 5.75 Å². The van der Waals surface area contributed by atoms with Crippen LogP contribution in [0, 0.1) is 0 Å². The number of phenolic OH excluding ortho intramolecular Hbond substituents is 1. The second kappa shape index (κ2) is 10.7. The highest BCUT2D eigenvalue weighted by atomic mass is 16.3. The molecule has 0 spiro atoms. The van der Waals surface area contributed by atoms with Gasteiger partial charge in [0.15, 0.2) is 0 Å². The number of benzene rings is 2. The average molecular weight is 383 g/mol. The molecule has 2 aromatic carbocycles. The van der Waals surface area contributed by atoms with Gasteiger partial charge in [0, 0.05) is 0 Å². The summed E-state index contributed by atoms with van der Waals surface area (Å²) < 4.78 is 0. The zero-order valence-corrected chi connectivity index (χ0v) is 19.8. The minimum atomic E-state index is 0.369. The summed E-state index contributed by atoms with van der Waals surface area (Å²) in [6, 6.07) is 12.4. The van der Waals surface area contributed by atoms with Gasteiger partial charge in [-0.15, -0.1) is 0 Å². The fraction of sp³-hybridized carbons (Fsp3) is 0.556. The van der Waals surface area contributed by atoms with E-state index in [1.54, 1.807) is 11.6 Å². The molecular weight excluding hydrogens is 340 g/mol. The lowest BCUT2D eigenvalue weighted by molar-refractivity contribution is 0.473. The summed E-state index contributed by atoms with van der Waals surface area (Å²) in [5.41, 5.74) is 7.22. The van der Waals surface area contributed by atoms with Gasteiger partial charge in [-0.1, -0.05) is 93.5 Å². The predicted octanol–water partition coefficient (Wildman–Crippen LogP) is 8.70. The Kier molecular flexibility index (Phi) is 9.27. The SMILES string of the molecule is CC(C)c1ccc(O)cc1C(C)C.CC(C)c1cccc(C(C)C)c1C(C)C. The summed E-state index contributed by atoms with van der Waals surface area (Å²) in [5, 5.41) is 9.37. The van der Waals surface area contributed by atoms with Crippen LogP contribution in [0.3, 0.4) is 0 Å². The first kappa shape index (κ1) is 24.3. The molecule has 0 amide bonds. The van der Waals surface area contributed by atoms with Crippen molar-refractivity contribution in [2.24, 2.45) is 0 Å². The fourth-order valence-electron chi connectivity index (χ4n) is 3.86. The molecule has 0 atom stereocenters. The molecule has 0 aliphatic heterocycles. The van der Waals surface area contributed by atoms with Crippen molar-refractivity contribution < 1.29 is 5.11 Å². The maximum Gasteiger partial charge on any atom is 0.115 e. The van der Waals surface area contributed by atoms with Crippen molar-refractivity contribution in [3.05, 3.63) is 64.2 Å². The van der Waals surface area contributed by atoms with E-state index in [0.29, 0.717) is 35.3 Å². The van der Waals surface area contributed by atoms with Gasteiger partial charge in [0.05, 0.1) is 0 Å². The van der Waals surface area contributed by atoms with Crippen LogP contribution in [-0.4, -0.2) is 5.11 Å². The largest absolute Gasteiger partial charge is 0.508 e. The van der Waals surface area contributed by atoms with Gasteiger partial charge >= 0.3 is 0 Å². The maximum absolute atomic E-state index is 9.37. The third-order valence-corrected chi connectivity index (χ3v) is 5.31. The Bertz CT molecular complexity index is 710. The Hall–Kier alpha value is -1.76. The van der Waals surface area contributed by atoms with Crippen LogP contribution in [0.25, 0.3) is 0 Å². The first-order valence-corrected chi connectivity index (χ1v) is 10.9. The second-order valence-electron chi connectivity index (χ2n) is 9.44. The first-order valence-electron chi connectivity index (χ1n) is 10.9. The van der Waals surface area contributed by atoms with Crippen LogP contribution >= 0.6 is 0 Å². The van der Waals surface area contributed by atoms with Crippen LogP contribution in [0.5, 0.6) is 5.75 Å². The highest BCUT2D eigenvalue weighted by molar-refractivity contribution is 5.41. The maximum atomic E-state index is 9.37. The Morgan fingerprint density at radius 1 is 0.500 bits per heavy atom. The van der Waals surface area contributed by atoms with Crippen molar-refractivity contribution in [1.29, 1.82) is 0 Å². The molecule has 0 aliphatic carbocycles. The number of hydrogen-bond donors (Lipinski definition) is 1. The third kappa shape index (κ3) is 6.40. The molecule has 0 heterocycles. The second-order valence-corrected chi connectivity index (χ2v) is 9.44. The van der Waals surface area contributed by atoms with Crippen LogP contribution in [0.4, 0.5) is 0 Å². The number of aromatic hydroxyl groups is 1. The van der Waals surface area contributed by atoms with E-state index < -0.39 is 0 Å². The van der Waals surface area contributed by atoms with Crippen molar-refractivity contribution >= 4 is 0 Å². The van der Waals surface area contributed by atoms with Gasteiger partial charge in [0.2, 0.25) is 0 Å². The van der Waals surface area contributed by atoms with Gasteiger partial charge in [-0.05, 0) is 69.5 Å². The Labute approximate surface area is 174 Å². The molecule has 1 nitrogen and oxygen atoms in total. The zero-order valence-electron chi connectivity index (χ0n) is 19.8. The van der Waals surface area contributed by atoms with E-state index in [1.165, 1.54) is 22.3 Å². The van der Waals surface area contributed by atoms with Crippen molar-refractivity contribution in [2.75, 3.05) is 0 Å². The number of hydrogen-bond acceptors (Lipinski definition) is 1. The van der Waals surface area contributed by atoms with Gasteiger partial charge < -0.3 is 5.11 Å². The molecule has 156 valence electrons. The standard InChI is InChI=1S/C15H24.C12H18O/c1-10(2)13-8-7-9-14(11(3)4)15(13)12(5)6;1-8(2)11-6-5-10(13)7-12(11)9(3)4/h7-12H,1-6H3;5-9,13H,1-4H3. The lowest BCUT2D eigenvalue weighted by Crippen LogP contribution is -2.04. The molecule has 28 heavy (non-hydrogen) atoms. The van der Waals surface area contributed by atoms with Gasteiger partial charge in [-0.2, -0.15) is 0 Å². The molecule has 1 heteroatoms. The van der Waals surface area contributed by atoms with Crippen molar-refractivity contribution in [3.63, 3.8) is 0 Å². The molecule has 0 aromatic heterocycles. The van der Waals surface area contributed by atoms with Crippen LogP contribution in [0.1, 0.15) is 127 Å². The topological polar surface area (TPSA) is 20.2 Å². The molecule has 2 aromatic rings. The lowest BCUT2D eigenvalue weighted by atomic mass is 9.83. The molecule has 0 radical (unpaired) electrons. The summed E-state index contributed by atoms with van der Waals surface area (Å²) in [6.45, 7) is 22.4. The molecular formula is C27H42O. The summed E-state index contributed by atoms with van der Waals surface area (Å²) >= 11 is 0. The summed E-state index contributed by atoms with van der Waals surface area (Å²) in [7, 11) is 0. The Morgan fingerprint density at radius 2 is 0.929 bits per heavy atom. The van der Waals surface area contributed by atoms with Crippen LogP contribution in [0.2, 0.25) is 0 Å². The Balaban J connectivity index is 0.000000283. The molecule has 0 unspecified atom stereocenters. The van der Waals surface area contributed by atoms with E-state index in [1.807, 2.05) is 12.1 Å². The van der Waals surface area contributed by atoms with E-state index in [-0.39, 0.29) is 0 Å². The molecule has 0 saturated heterocycles. The monoisotopic (exact) mass is 382 g/mol. The van der Waals surface area contributed by atoms with Crippen LogP contribution < -0.4 is 0 Å². The molecule has 0 aliphatic rings. The molecule has 0 bridgehead atoms. The number of rotatable bonds is 5. The predicted molar refractivity (Wildman–Crippen MR) is 125 cm³/mol. The van der Waals surface area contributed by atoms with Gasteiger partial charge in [0.25, 0.3) is 0 Å². The molecule has 0 saturated carbocycles. The van der Waals surface area contributed by atoms with Crippen LogP contribution in [-0.2, 0) is 0 Å². The normalized spacial score (nSPS) is 11.5. The van der Waals surface area contributed by atoms with Crippen molar-refractivity contribution in [2.45, 2.75) is 98.8 Å². The summed E-state index contributed by atoms with van der Waals surface area (Å²) in [4.78, 5) is 0. The molecule has 0 fully saturated rings. The summed E-state index contributed by atoms with van der Waals surface area (Å²) in [6.07, 6.45) is 0.